The number of hydrogen-bond acceptors (Lipinski definition) is 3. The van der Waals surface area contributed by atoms with Gasteiger partial charge in [-0.3, -0.25) is 4.79 Å². The first-order valence-electron chi connectivity index (χ1n) is 7.81. The number of carbonyl (C=O) groups is 1. The van der Waals surface area contributed by atoms with E-state index in [4.69, 9.17) is 0 Å². The van der Waals surface area contributed by atoms with Crippen LogP contribution in [0.2, 0.25) is 0 Å². The van der Waals surface area contributed by atoms with Crippen molar-refractivity contribution >= 4 is 17.2 Å². The van der Waals surface area contributed by atoms with Gasteiger partial charge in [0.1, 0.15) is 0 Å². The van der Waals surface area contributed by atoms with Gasteiger partial charge >= 0.3 is 0 Å². The second kappa shape index (κ2) is 8.71. The van der Waals surface area contributed by atoms with E-state index in [2.05, 4.69) is 35.9 Å². The molecule has 0 aliphatic rings. The van der Waals surface area contributed by atoms with Gasteiger partial charge in [-0.05, 0) is 48.1 Å². The molecular formula is C18H24N2OS. The average Bonchev–Trinajstić information content (AvgIpc) is 2.93. The van der Waals surface area contributed by atoms with Crippen molar-refractivity contribution in [1.29, 1.82) is 0 Å². The van der Waals surface area contributed by atoms with Crippen LogP contribution < -0.4 is 10.6 Å². The molecule has 0 radical (unpaired) electrons. The molecule has 2 aromatic rings. The SMILES string of the molecule is CCCCNC(=O)c1ccc(CNCc2sccc2C)cc1. The Bertz CT molecular complexity index is 589. The minimum Gasteiger partial charge on any atom is -0.352 e. The molecule has 2 N–H and O–H groups in total. The lowest BCUT2D eigenvalue weighted by Crippen LogP contribution is -2.24. The van der Waals surface area contributed by atoms with Crippen LogP contribution in [0.25, 0.3) is 0 Å². The van der Waals surface area contributed by atoms with E-state index in [1.165, 1.54) is 16.0 Å². The van der Waals surface area contributed by atoms with Crippen molar-refractivity contribution in [3.8, 4) is 0 Å². The zero-order valence-corrected chi connectivity index (χ0v) is 14.1. The van der Waals surface area contributed by atoms with Crippen molar-refractivity contribution in [2.24, 2.45) is 0 Å². The number of amides is 1. The summed E-state index contributed by atoms with van der Waals surface area (Å²) in [5.74, 6) is 0.0159. The lowest BCUT2D eigenvalue weighted by molar-refractivity contribution is 0.0953. The van der Waals surface area contributed by atoms with E-state index in [0.29, 0.717) is 0 Å². The third-order valence-electron chi connectivity index (χ3n) is 3.61. The number of unbranched alkanes of at least 4 members (excludes halogenated alkanes) is 1. The summed E-state index contributed by atoms with van der Waals surface area (Å²) >= 11 is 1.79. The van der Waals surface area contributed by atoms with Crippen molar-refractivity contribution in [1.82, 2.24) is 10.6 Å². The Labute approximate surface area is 136 Å². The van der Waals surface area contributed by atoms with Crippen molar-refractivity contribution in [3.05, 3.63) is 57.3 Å². The predicted octanol–water partition coefficient (Wildman–Crippen LogP) is 3.88. The maximum absolute atomic E-state index is 11.9. The largest absolute Gasteiger partial charge is 0.352 e. The lowest BCUT2D eigenvalue weighted by atomic mass is 10.1. The van der Waals surface area contributed by atoms with Crippen LogP contribution in [0.4, 0.5) is 0 Å². The first kappa shape index (κ1) is 16.7. The molecule has 2 rings (SSSR count). The van der Waals surface area contributed by atoms with Crippen molar-refractivity contribution in [2.75, 3.05) is 6.54 Å². The van der Waals surface area contributed by atoms with Gasteiger partial charge in [0.2, 0.25) is 0 Å². The summed E-state index contributed by atoms with van der Waals surface area (Å²) in [6.45, 7) is 6.71. The Kier molecular flexibility index (Phi) is 6.62. The number of aryl methyl sites for hydroxylation is 1. The van der Waals surface area contributed by atoms with E-state index in [1.807, 2.05) is 24.3 Å². The molecule has 118 valence electrons. The third kappa shape index (κ3) is 4.97. The maximum atomic E-state index is 11.9. The summed E-state index contributed by atoms with van der Waals surface area (Å²) in [4.78, 5) is 13.3. The number of thiophene rings is 1. The summed E-state index contributed by atoms with van der Waals surface area (Å²) in [5, 5.41) is 8.50. The first-order chi connectivity index (χ1) is 10.7. The van der Waals surface area contributed by atoms with Gasteiger partial charge in [-0.2, -0.15) is 0 Å². The number of hydrogen-bond donors (Lipinski definition) is 2. The Hall–Kier alpha value is -1.65. The van der Waals surface area contributed by atoms with Crippen LogP contribution in [-0.2, 0) is 13.1 Å². The molecule has 1 aromatic heterocycles. The highest BCUT2D eigenvalue weighted by atomic mass is 32.1. The average molecular weight is 316 g/mol. The molecule has 0 bridgehead atoms. The van der Waals surface area contributed by atoms with Gasteiger partial charge in [0.15, 0.2) is 0 Å². The zero-order chi connectivity index (χ0) is 15.8. The molecule has 1 amide bonds. The summed E-state index contributed by atoms with van der Waals surface area (Å²) < 4.78 is 0. The van der Waals surface area contributed by atoms with Gasteiger partial charge in [0.05, 0.1) is 0 Å². The maximum Gasteiger partial charge on any atom is 0.251 e. The van der Waals surface area contributed by atoms with Crippen LogP contribution >= 0.6 is 11.3 Å². The van der Waals surface area contributed by atoms with Crippen LogP contribution in [0.1, 0.15) is 46.1 Å². The molecule has 0 unspecified atom stereocenters. The fourth-order valence-electron chi connectivity index (χ4n) is 2.16. The number of carbonyl (C=O) groups excluding carboxylic acids is 1. The molecular weight excluding hydrogens is 292 g/mol. The van der Waals surface area contributed by atoms with Crippen molar-refractivity contribution in [3.63, 3.8) is 0 Å². The summed E-state index contributed by atoms with van der Waals surface area (Å²) in [6.07, 6.45) is 2.12. The molecule has 4 heteroatoms. The smallest absolute Gasteiger partial charge is 0.251 e. The van der Waals surface area contributed by atoms with Crippen LogP contribution in [0.5, 0.6) is 0 Å². The fraction of sp³-hybridized carbons (Fsp3) is 0.389. The lowest BCUT2D eigenvalue weighted by Gasteiger charge is -2.07. The molecule has 0 saturated carbocycles. The highest BCUT2D eigenvalue weighted by Gasteiger charge is 2.04. The van der Waals surface area contributed by atoms with E-state index < -0.39 is 0 Å². The Morgan fingerprint density at radius 2 is 1.91 bits per heavy atom. The van der Waals surface area contributed by atoms with E-state index in [0.717, 1.165) is 38.0 Å². The molecule has 1 heterocycles. The Morgan fingerprint density at radius 3 is 2.55 bits per heavy atom. The molecule has 3 nitrogen and oxygen atoms in total. The summed E-state index contributed by atoms with van der Waals surface area (Å²) in [7, 11) is 0. The van der Waals surface area contributed by atoms with Crippen LogP contribution in [-0.4, -0.2) is 12.5 Å². The normalized spacial score (nSPS) is 10.6. The molecule has 0 aliphatic carbocycles. The molecule has 0 aliphatic heterocycles. The quantitative estimate of drug-likeness (QED) is 0.726. The monoisotopic (exact) mass is 316 g/mol. The number of nitrogens with one attached hydrogen (secondary N) is 2. The minimum absolute atomic E-state index is 0.0159. The molecule has 22 heavy (non-hydrogen) atoms. The predicted molar refractivity (Wildman–Crippen MR) is 93.3 cm³/mol. The highest BCUT2D eigenvalue weighted by molar-refractivity contribution is 7.10. The third-order valence-corrected chi connectivity index (χ3v) is 4.64. The van der Waals surface area contributed by atoms with E-state index in [-0.39, 0.29) is 5.91 Å². The van der Waals surface area contributed by atoms with Crippen LogP contribution in [0, 0.1) is 6.92 Å². The molecule has 0 atom stereocenters. The van der Waals surface area contributed by atoms with Gasteiger partial charge < -0.3 is 10.6 Å². The second-order valence-corrected chi connectivity index (χ2v) is 6.44. The van der Waals surface area contributed by atoms with Crippen molar-refractivity contribution in [2.45, 2.75) is 39.8 Å². The summed E-state index contributed by atoms with van der Waals surface area (Å²) in [6, 6.07) is 9.98. The van der Waals surface area contributed by atoms with Crippen molar-refractivity contribution < 1.29 is 4.79 Å². The molecule has 0 fully saturated rings. The highest BCUT2D eigenvalue weighted by Crippen LogP contribution is 2.15. The Balaban J connectivity index is 1.79. The Morgan fingerprint density at radius 1 is 1.14 bits per heavy atom. The van der Waals surface area contributed by atoms with Crippen LogP contribution in [0.15, 0.2) is 35.7 Å². The fourth-order valence-corrected chi connectivity index (χ4v) is 3.04. The molecule has 0 saturated heterocycles. The zero-order valence-electron chi connectivity index (χ0n) is 13.3. The number of rotatable bonds is 8. The minimum atomic E-state index is 0.0159. The standard InChI is InChI=1S/C18H24N2OS/c1-3-4-10-20-18(21)16-7-5-15(6-8-16)12-19-13-17-14(2)9-11-22-17/h5-9,11,19H,3-4,10,12-13H2,1-2H3,(H,20,21). The van der Waals surface area contributed by atoms with Gasteiger partial charge in [0, 0.05) is 30.1 Å². The number of benzene rings is 1. The van der Waals surface area contributed by atoms with E-state index in [9.17, 15) is 4.79 Å². The van der Waals surface area contributed by atoms with Gasteiger partial charge in [-0.25, -0.2) is 0 Å². The van der Waals surface area contributed by atoms with E-state index in [1.54, 1.807) is 11.3 Å². The van der Waals surface area contributed by atoms with Gasteiger partial charge in [-0.15, -0.1) is 11.3 Å². The topological polar surface area (TPSA) is 41.1 Å². The first-order valence-corrected chi connectivity index (χ1v) is 8.69. The van der Waals surface area contributed by atoms with Gasteiger partial charge in [-0.1, -0.05) is 25.5 Å². The second-order valence-electron chi connectivity index (χ2n) is 5.44. The molecule has 1 aromatic carbocycles. The summed E-state index contributed by atoms with van der Waals surface area (Å²) in [5.41, 5.74) is 3.27. The molecule has 0 spiro atoms. The van der Waals surface area contributed by atoms with Gasteiger partial charge in [0.25, 0.3) is 5.91 Å². The van der Waals surface area contributed by atoms with Crippen LogP contribution in [0.3, 0.4) is 0 Å². The van der Waals surface area contributed by atoms with E-state index >= 15 is 0 Å².